The quantitative estimate of drug-likeness (QED) is 0.570. The molecule has 1 saturated heterocycles. The van der Waals surface area contributed by atoms with Crippen molar-refractivity contribution < 1.29 is 9.53 Å². The number of hydrogen-bond donors (Lipinski definition) is 0. The molecular formula is C9H16O2. The van der Waals surface area contributed by atoms with Crippen molar-refractivity contribution in [2.45, 2.75) is 45.3 Å². The Morgan fingerprint density at radius 3 is 2.73 bits per heavy atom. The van der Waals surface area contributed by atoms with Crippen molar-refractivity contribution in [1.29, 1.82) is 0 Å². The van der Waals surface area contributed by atoms with E-state index in [9.17, 15) is 4.79 Å². The lowest BCUT2D eigenvalue weighted by Crippen LogP contribution is -2.31. The molecule has 2 nitrogen and oxygen atoms in total. The summed E-state index contributed by atoms with van der Waals surface area (Å²) < 4.78 is 5.61. The predicted molar refractivity (Wildman–Crippen MR) is 43.4 cm³/mol. The van der Waals surface area contributed by atoms with Crippen LogP contribution in [0.25, 0.3) is 0 Å². The van der Waals surface area contributed by atoms with E-state index in [1.807, 2.05) is 0 Å². The fraction of sp³-hybridized carbons (Fsp3) is 0.889. The third kappa shape index (κ3) is 2.29. The van der Waals surface area contributed by atoms with E-state index >= 15 is 0 Å². The van der Waals surface area contributed by atoms with Crippen LogP contribution in [0.15, 0.2) is 0 Å². The predicted octanol–water partition coefficient (Wildman–Crippen LogP) is 1.78. The lowest BCUT2D eigenvalue weighted by molar-refractivity contribution is -0.115. The smallest absolute Gasteiger partial charge is 0.122 e. The van der Waals surface area contributed by atoms with Crippen LogP contribution in [0.3, 0.4) is 0 Å². The first kappa shape index (κ1) is 8.72. The number of ether oxygens (including phenoxy) is 1. The molecule has 0 aromatic carbocycles. The van der Waals surface area contributed by atoms with Gasteiger partial charge in [0.15, 0.2) is 0 Å². The molecule has 0 aromatic heterocycles. The Hall–Kier alpha value is -0.370. The van der Waals surface area contributed by atoms with Gasteiger partial charge in [-0.05, 0) is 25.7 Å². The number of aldehydes is 1. The van der Waals surface area contributed by atoms with E-state index < -0.39 is 0 Å². The van der Waals surface area contributed by atoms with Crippen LogP contribution in [0.1, 0.15) is 33.1 Å². The highest BCUT2D eigenvalue weighted by atomic mass is 16.5. The van der Waals surface area contributed by atoms with Crippen molar-refractivity contribution >= 4 is 6.29 Å². The summed E-state index contributed by atoms with van der Waals surface area (Å²) in [4.78, 5) is 10.2. The number of carbonyl (C=O) groups is 1. The van der Waals surface area contributed by atoms with Gasteiger partial charge in [0, 0.05) is 6.42 Å². The largest absolute Gasteiger partial charge is 0.375 e. The number of carbonyl (C=O) groups excluding carboxylic acids is 1. The average molecular weight is 156 g/mol. The van der Waals surface area contributed by atoms with E-state index in [-0.39, 0.29) is 6.10 Å². The van der Waals surface area contributed by atoms with Gasteiger partial charge in [0.2, 0.25) is 0 Å². The van der Waals surface area contributed by atoms with Crippen LogP contribution in [0.2, 0.25) is 0 Å². The summed E-state index contributed by atoms with van der Waals surface area (Å²) >= 11 is 0. The molecule has 1 rings (SSSR count). The Kier molecular flexibility index (Phi) is 3.06. The van der Waals surface area contributed by atoms with Gasteiger partial charge in [-0.2, -0.15) is 0 Å². The molecule has 0 aromatic rings. The molecule has 1 aliphatic heterocycles. The average Bonchev–Trinajstić information content (AvgIpc) is 1.98. The number of rotatable bonds is 2. The standard InChI is InChI=1S/C9H16O2/c1-7-3-4-9(5-6-10)11-8(7)2/h6-9H,3-5H2,1-2H3/t7-,8-,9?/m1/s1. The number of hydrogen-bond acceptors (Lipinski definition) is 2. The second-order valence-corrected chi connectivity index (χ2v) is 3.42. The van der Waals surface area contributed by atoms with Crippen LogP contribution in [-0.4, -0.2) is 18.5 Å². The van der Waals surface area contributed by atoms with Gasteiger partial charge < -0.3 is 9.53 Å². The van der Waals surface area contributed by atoms with Crippen LogP contribution in [-0.2, 0) is 9.53 Å². The molecule has 0 amide bonds. The maximum atomic E-state index is 10.2. The molecule has 11 heavy (non-hydrogen) atoms. The third-order valence-corrected chi connectivity index (χ3v) is 2.51. The van der Waals surface area contributed by atoms with E-state index in [1.54, 1.807) is 0 Å². The fourth-order valence-corrected chi connectivity index (χ4v) is 1.47. The summed E-state index contributed by atoms with van der Waals surface area (Å²) in [7, 11) is 0. The van der Waals surface area contributed by atoms with E-state index in [4.69, 9.17) is 4.74 Å². The maximum absolute atomic E-state index is 10.2. The molecule has 1 fully saturated rings. The Morgan fingerprint density at radius 2 is 2.18 bits per heavy atom. The minimum Gasteiger partial charge on any atom is -0.375 e. The summed E-state index contributed by atoms with van der Waals surface area (Å²) in [6.07, 6.45) is 4.28. The van der Waals surface area contributed by atoms with Crippen molar-refractivity contribution in [3.8, 4) is 0 Å². The first-order valence-electron chi connectivity index (χ1n) is 4.33. The molecule has 3 atom stereocenters. The van der Waals surface area contributed by atoms with Crippen molar-refractivity contribution in [3.63, 3.8) is 0 Å². The first-order valence-corrected chi connectivity index (χ1v) is 4.33. The Bertz CT molecular complexity index is 134. The SMILES string of the molecule is C[C@@H]1CCC(CC=O)O[C@@H]1C. The van der Waals surface area contributed by atoms with Gasteiger partial charge in [0.1, 0.15) is 6.29 Å². The summed E-state index contributed by atoms with van der Waals surface area (Å²) in [6, 6.07) is 0. The van der Waals surface area contributed by atoms with Gasteiger partial charge >= 0.3 is 0 Å². The molecule has 1 unspecified atom stereocenters. The summed E-state index contributed by atoms with van der Waals surface area (Å²) in [6.45, 7) is 4.28. The molecule has 2 heteroatoms. The molecule has 0 bridgehead atoms. The van der Waals surface area contributed by atoms with Gasteiger partial charge in [0.25, 0.3) is 0 Å². The molecule has 0 saturated carbocycles. The van der Waals surface area contributed by atoms with Crippen molar-refractivity contribution in [2.75, 3.05) is 0 Å². The molecule has 0 radical (unpaired) electrons. The lowest BCUT2D eigenvalue weighted by Gasteiger charge is -2.31. The lowest BCUT2D eigenvalue weighted by atomic mass is 9.93. The highest BCUT2D eigenvalue weighted by molar-refractivity contribution is 5.50. The van der Waals surface area contributed by atoms with E-state index in [0.29, 0.717) is 18.4 Å². The monoisotopic (exact) mass is 156 g/mol. The van der Waals surface area contributed by atoms with Gasteiger partial charge in [-0.3, -0.25) is 0 Å². The molecule has 1 aliphatic rings. The summed E-state index contributed by atoms with van der Waals surface area (Å²) in [5.74, 6) is 0.651. The second-order valence-electron chi connectivity index (χ2n) is 3.42. The van der Waals surface area contributed by atoms with Crippen LogP contribution >= 0.6 is 0 Å². The molecular weight excluding hydrogens is 140 g/mol. The van der Waals surface area contributed by atoms with Gasteiger partial charge in [0.05, 0.1) is 12.2 Å². The molecule has 0 spiro atoms. The highest BCUT2D eigenvalue weighted by Gasteiger charge is 2.24. The zero-order valence-corrected chi connectivity index (χ0v) is 7.25. The Labute approximate surface area is 67.9 Å². The first-order chi connectivity index (χ1) is 5.24. The maximum Gasteiger partial charge on any atom is 0.122 e. The van der Waals surface area contributed by atoms with E-state index in [2.05, 4.69) is 13.8 Å². The van der Waals surface area contributed by atoms with Crippen LogP contribution in [0.4, 0.5) is 0 Å². The molecule has 1 heterocycles. The molecule has 0 N–H and O–H groups in total. The summed E-state index contributed by atoms with van der Waals surface area (Å²) in [5, 5.41) is 0. The van der Waals surface area contributed by atoms with Crippen molar-refractivity contribution in [2.24, 2.45) is 5.92 Å². The fourth-order valence-electron chi connectivity index (χ4n) is 1.47. The molecule has 64 valence electrons. The van der Waals surface area contributed by atoms with Crippen LogP contribution < -0.4 is 0 Å². The van der Waals surface area contributed by atoms with Gasteiger partial charge in [-0.15, -0.1) is 0 Å². The van der Waals surface area contributed by atoms with Crippen LogP contribution in [0.5, 0.6) is 0 Å². The van der Waals surface area contributed by atoms with E-state index in [0.717, 1.165) is 12.7 Å². The normalized spacial score (nSPS) is 38.5. The molecule has 0 aliphatic carbocycles. The zero-order valence-electron chi connectivity index (χ0n) is 7.25. The van der Waals surface area contributed by atoms with Gasteiger partial charge in [-0.1, -0.05) is 6.92 Å². The minimum atomic E-state index is 0.193. The third-order valence-electron chi connectivity index (χ3n) is 2.51. The van der Waals surface area contributed by atoms with Crippen LogP contribution in [0, 0.1) is 5.92 Å². The van der Waals surface area contributed by atoms with Crippen molar-refractivity contribution in [3.05, 3.63) is 0 Å². The van der Waals surface area contributed by atoms with Crippen molar-refractivity contribution in [1.82, 2.24) is 0 Å². The zero-order chi connectivity index (χ0) is 8.27. The summed E-state index contributed by atoms with van der Waals surface area (Å²) in [5.41, 5.74) is 0. The second kappa shape index (κ2) is 3.86. The topological polar surface area (TPSA) is 26.3 Å². The van der Waals surface area contributed by atoms with Gasteiger partial charge in [-0.25, -0.2) is 0 Å². The van der Waals surface area contributed by atoms with E-state index in [1.165, 1.54) is 6.42 Å². The Morgan fingerprint density at radius 1 is 1.45 bits per heavy atom. The minimum absolute atomic E-state index is 0.193. The Balaban J connectivity index is 2.33. The highest BCUT2D eigenvalue weighted by Crippen LogP contribution is 2.25.